The van der Waals surface area contributed by atoms with Gasteiger partial charge in [0.15, 0.2) is 0 Å². The minimum atomic E-state index is -0.331. The monoisotopic (exact) mass is 315 g/mol. The van der Waals surface area contributed by atoms with E-state index < -0.39 is 0 Å². The van der Waals surface area contributed by atoms with E-state index >= 15 is 0 Å². The van der Waals surface area contributed by atoms with Gasteiger partial charge in [-0.2, -0.15) is 0 Å². The zero-order valence-electron chi connectivity index (χ0n) is 11.8. The van der Waals surface area contributed by atoms with Crippen LogP contribution in [0.3, 0.4) is 0 Å². The molecule has 3 rings (SSSR count). The molecule has 1 atom stereocenters. The fourth-order valence-electron chi connectivity index (χ4n) is 2.06. The lowest BCUT2D eigenvalue weighted by molar-refractivity contribution is -0.122. The predicted octanol–water partition coefficient (Wildman–Crippen LogP) is 1.13. The molecule has 0 aliphatic heterocycles. The summed E-state index contributed by atoms with van der Waals surface area (Å²) in [4.78, 5) is 28.4. The number of aromatic nitrogens is 4. The summed E-state index contributed by atoms with van der Waals surface area (Å²) < 4.78 is 1.06. The van der Waals surface area contributed by atoms with Crippen molar-refractivity contribution < 1.29 is 4.79 Å². The number of amides is 1. The number of thiazole rings is 1. The second-order valence-electron chi connectivity index (χ2n) is 4.73. The van der Waals surface area contributed by atoms with E-state index in [0.717, 1.165) is 9.69 Å². The Morgan fingerprint density at radius 1 is 1.41 bits per heavy atom. The van der Waals surface area contributed by atoms with Crippen LogP contribution in [0.15, 0.2) is 40.6 Å². The largest absolute Gasteiger partial charge is 0.346 e. The Kier molecular flexibility index (Phi) is 3.92. The van der Waals surface area contributed by atoms with Gasteiger partial charge < -0.3 is 5.32 Å². The summed E-state index contributed by atoms with van der Waals surface area (Å²) in [5, 5.41) is 13.6. The van der Waals surface area contributed by atoms with Crippen LogP contribution in [0.2, 0.25) is 0 Å². The van der Waals surface area contributed by atoms with E-state index in [9.17, 15) is 9.59 Å². The van der Waals surface area contributed by atoms with Crippen LogP contribution < -0.4 is 10.9 Å². The van der Waals surface area contributed by atoms with Gasteiger partial charge >= 0.3 is 0 Å². The summed E-state index contributed by atoms with van der Waals surface area (Å²) >= 11 is 1.46. The van der Waals surface area contributed by atoms with Crippen molar-refractivity contribution in [2.24, 2.45) is 0 Å². The molecule has 2 aromatic heterocycles. The molecule has 2 heterocycles. The molecule has 0 aliphatic carbocycles. The van der Waals surface area contributed by atoms with Crippen molar-refractivity contribution in [3.05, 3.63) is 51.2 Å². The summed E-state index contributed by atoms with van der Waals surface area (Å²) in [5.74, 6) is -0.311. The second kappa shape index (κ2) is 6.02. The molecule has 0 unspecified atom stereocenters. The third kappa shape index (κ3) is 2.86. The van der Waals surface area contributed by atoms with Crippen molar-refractivity contribution in [1.82, 2.24) is 25.3 Å². The summed E-state index contributed by atoms with van der Waals surface area (Å²) in [6.07, 6.45) is 1.68. The fourth-order valence-corrected chi connectivity index (χ4v) is 2.71. The van der Waals surface area contributed by atoms with Gasteiger partial charge in [0.2, 0.25) is 5.91 Å². The Bertz CT molecular complexity index is 859. The van der Waals surface area contributed by atoms with E-state index in [1.54, 1.807) is 30.5 Å². The van der Waals surface area contributed by atoms with E-state index in [1.165, 1.54) is 11.3 Å². The van der Waals surface area contributed by atoms with Crippen LogP contribution in [0.25, 0.3) is 10.9 Å². The van der Waals surface area contributed by atoms with Crippen molar-refractivity contribution >= 4 is 28.1 Å². The third-order valence-electron chi connectivity index (χ3n) is 3.12. The van der Waals surface area contributed by atoms with Gasteiger partial charge in [0.25, 0.3) is 5.56 Å². The molecule has 0 radical (unpaired) electrons. The van der Waals surface area contributed by atoms with Crippen molar-refractivity contribution in [2.75, 3.05) is 0 Å². The summed E-state index contributed by atoms with van der Waals surface area (Å²) in [6, 6.07) is 6.69. The smallest absolute Gasteiger partial charge is 0.278 e. The SMILES string of the molecule is C[C@H](NC(=O)Cn1nnc2ccccc2c1=O)c1nccs1. The number of carbonyl (C=O) groups excluding carboxylic acids is 1. The van der Waals surface area contributed by atoms with Gasteiger partial charge in [-0.1, -0.05) is 17.3 Å². The highest BCUT2D eigenvalue weighted by Crippen LogP contribution is 2.14. The van der Waals surface area contributed by atoms with Crippen LogP contribution in [0.1, 0.15) is 18.0 Å². The minimum absolute atomic E-state index is 0.174. The van der Waals surface area contributed by atoms with Crippen LogP contribution in [-0.4, -0.2) is 25.9 Å². The van der Waals surface area contributed by atoms with Gasteiger partial charge in [-0.25, -0.2) is 9.67 Å². The highest BCUT2D eigenvalue weighted by Gasteiger charge is 2.14. The maximum absolute atomic E-state index is 12.2. The Hall–Kier alpha value is -2.61. The van der Waals surface area contributed by atoms with Gasteiger partial charge in [0.05, 0.1) is 11.4 Å². The van der Waals surface area contributed by atoms with Gasteiger partial charge in [0, 0.05) is 11.6 Å². The van der Waals surface area contributed by atoms with Crippen LogP contribution in [0.4, 0.5) is 0 Å². The first kappa shape index (κ1) is 14.3. The number of fused-ring (bicyclic) bond motifs is 1. The molecule has 0 aliphatic rings. The molecule has 1 N–H and O–H groups in total. The Labute approximate surface area is 129 Å². The molecule has 3 aromatic rings. The molecule has 0 spiro atoms. The van der Waals surface area contributed by atoms with Crippen molar-refractivity contribution in [3.8, 4) is 0 Å². The molecule has 112 valence electrons. The maximum Gasteiger partial charge on any atom is 0.278 e. The summed E-state index contributed by atoms with van der Waals surface area (Å²) in [7, 11) is 0. The minimum Gasteiger partial charge on any atom is -0.346 e. The molecule has 0 bridgehead atoms. The van der Waals surface area contributed by atoms with E-state index in [1.807, 2.05) is 12.3 Å². The lowest BCUT2D eigenvalue weighted by Gasteiger charge is -2.11. The number of benzene rings is 1. The zero-order chi connectivity index (χ0) is 15.5. The van der Waals surface area contributed by atoms with E-state index in [0.29, 0.717) is 10.9 Å². The summed E-state index contributed by atoms with van der Waals surface area (Å²) in [5.41, 5.74) is 0.183. The van der Waals surface area contributed by atoms with E-state index in [2.05, 4.69) is 20.6 Å². The van der Waals surface area contributed by atoms with Gasteiger partial charge in [0.1, 0.15) is 17.1 Å². The third-order valence-corrected chi connectivity index (χ3v) is 4.08. The van der Waals surface area contributed by atoms with E-state index in [-0.39, 0.29) is 24.1 Å². The number of hydrogen-bond acceptors (Lipinski definition) is 6. The second-order valence-corrected chi connectivity index (χ2v) is 5.66. The Morgan fingerprint density at radius 2 is 2.23 bits per heavy atom. The molecule has 7 nitrogen and oxygen atoms in total. The number of rotatable bonds is 4. The fraction of sp³-hybridized carbons (Fsp3) is 0.214. The van der Waals surface area contributed by atoms with Crippen LogP contribution >= 0.6 is 11.3 Å². The first-order chi connectivity index (χ1) is 10.6. The molecule has 0 fully saturated rings. The first-order valence-electron chi connectivity index (χ1n) is 6.66. The number of carbonyl (C=O) groups is 1. The first-order valence-corrected chi connectivity index (χ1v) is 7.54. The maximum atomic E-state index is 12.2. The number of nitrogens with zero attached hydrogens (tertiary/aromatic N) is 4. The van der Waals surface area contributed by atoms with Crippen molar-refractivity contribution in [2.45, 2.75) is 19.5 Å². The van der Waals surface area contributed by atoms with Crippen LogP contribution in [-0.2, 0) is 11.3 Å². The molecule has 22 heavy (non-hydrogen) atoms. The Morgan fingerprint density at radius 3 is 3.00 bits per heavy atom. The lowest BCUT2D eigenvalue weighted by Crippen LogP contribution is -2.35. The molecular weight excluding hydrogens is 302 g/mol. The molecule has 0 saturated carbocycles. The molecular formula is C14H13N5O2S. The molecule has 1 amide bonds. The normalized spacial score (nSPS) is 12.2. The van der Waals surface area contributed by atoms with Gasteiger partial charge in [-0.05, 0) is 19.1 Å². The molecule has 0 saturated heterocycles. The topological polar surface area (TPSA) is 89.8 Å². The highest BCUT2D eigenvalue weighted by atomic mass is 32.1. The van der Waals surface area contributed by atoms with Crippen molar-refractivity contribution in [3.63, 3.8) is 0 Å². The highest BCUT2D eigenvalue weighted by molar-refractivity contribution is 7.09. The lowest BCUT2D eigenvalue weighted by atomic mass is 10.2. The quantitative estimate of drug-likeness (QED) is 0.779. The standard InChI is InChI=1S/C14H13N5O2S/c1-9(13-15-6-7-22-13)16-12(20)8-19-14(21)10-4-2-3-5-11(10)17-18-19/h2-7,9H,8H2,1H3,(H,16,20)/t9-/m0/s1. The Balaban J connectivity index is 1.77. The number of nitrogens with one attached hydrogen (secondary N) is 1. The zero-order valence-corrected chi connectivity index (χ0v) is 12.6. The summed E-state index contributed by atoms with van der Waals surface area (Å²) in [6.45, 7) is 1.66. The van der Waals surface area contributed by atoms with E-state index in [4.69, 9.17) is 0 Å². The van der Waals surface area contributed by atoms with Crippen LogP contribution in [0.5, 0.6) is 0 Å². The molecule has 1 aromatic carbocycles. The van der Waals surface area contributed by atoms with Gasteiger partial charge in [-0.15, -0.1) is 16.4 Å². The van der Waals surface area contributed by atoms with Crippen molar-refractivity contribution in [1.29, 1.82) is 0 Å². The average Bonchev–Trinajstić information content (AvgIpc) is 3.05. The predicted molar refractivity (Wildman–Crippen MR) is 82.5 cm³/mol. The average molecular weight is 315 g/mol. The van der Waals surface area contributed by atoms with Crippen LogP contribution in [0, 0.1) is 0 Å². The van der Waals surface area contributed by atoms with Gasteiger partial charge in [-0.3, -0.25) is 9.59 Å². The number of hydrogen-bond donors (Lipinski definition) is 1. The molecule has 8 heteroatoms.